The van der Waals surface area contributed by atoms with Gasteiger partial charge in [-0.3, -0.25) is 5.10 Å². The van der Waals surface area contributed by atoms with E-state index in [0.717, 1.165) is 12.3 Å². The summed E-state index contributed by atoms with van der Waals surface area (Å²) in [5.41, 5.74) is 0.616. The molecule has 1 aromatic carbocycles. The van der Waals surface area contributed by atoms with Gasteiger partial charge in [0.1, 0.15) is 18.0 Å². The fourth-order valence-corrected chi connectivity index (χ4v) is 4.37. The Kier molecular flexibility index (Phi) is 5.71. The average molecular weight is 463 g/mol. The van der Waals surface area contributed by atoms with Gasteiger partial charge in [-0.25, -0.2) is 27.6 Å². The van der Waals surface area contributed by atoms with E-state index in [-0.39, 0.29) is 29.3 Å². The monoisotopic (exact) mass is 462 g/mol. The van der Waals surface area contributed by atoms with E-state index in [0.29, 0.717) is 29.8 Å². The van der Waals surface area contributed by atoms with Crippen LogP contribution in [0.3, 0.4) is 0 Å². The molecule has 0 saturated carbocycles. The van der Waals surface area contributed by atoms with Gasteiger partial charge in [-0.15, -0.1) is 0 Å². The summed E-state index contributed by atoms with van der Waals surface area (Å²) in [7, 11) is -3.58. The Hall–Kier alpha value is -3.28. The Morgan fingerprint density at radius 1 is 1.34 bits per heavy atom. The van der Waals surface area contributed by atoms with Crippen molar-refractivity contribution in [1.82, 2.24) is 25.1 Å². The maximum Gasteiger partial charge on any atom is 0.410 e. The average Bonchev–Trinajstić information content (AvgIpc) is 3.38. The summed E-state index contributed by atoms with van der Waals surface area (Å²) in [4.78, 5) is 24.0. The van der Waals surface area contributed by atoms with Crippen LogP contribution in [-0.4, -0.2) is 71.1 Å². The predicted octanol–water partition coefficient (Wildman–Crippen LogP) is 2.65. The Bertz CT molecular complexity index is 1260. The summed E-state index contributed by atoms with van der Waals surface area (Å²) in [6, 6.07) is 3.43. The molecule has 10 nitrogen and oxygen atoms in total. The molecule has 32 heavy (non-hydrogen) atoms. The van der Waals surface area contributed by atoms with Crippen molar-refractivity contribution >= 4 is 38.5 Å². The maximum atomic E-state index is 15.2. The minimum atomic E-state index is -3.58. The van der Waals surface area contributed by atoms with Gasteiger partial charge in [-0.2, -0.15) is 5.10 Å². The topological polar surface area (TPSA) is 121 Å². The van der Waals surface area contributed by atoms with Crippen molar-refractivity contribution in [3.8, 4) is 0 Å². The van der Waals surface area contributed by atoms with Crippen molar-refractivity contribution in [2.75, 3.05) is 24.2 Å². The number of nitrogens with one attached hydrogen (secondary N) is 1. The largest absolute Gasteiger partial charge is 0.447 e. The number of nitrogens with zero attached hydrogens (tertiary/aromatic N) is 5. The molecule has 0 spiro atoms. The molecule has 12 heteroatoms. The molecule has 0 aliphatic carbocycles. The number of aromatic amines is 1. The molecule has 1 fully saturated rings. The van der Waals surface area contributed by atoms with Crippen LogP contribution in [0.1, 0.15) is 20.3 Å². The van der Waals surface area contributed by atoms with Gasteiger partial charge >= 0.3 is 6.09 Å². The minimum Gasteiger partial charge on any atom is -0.447 e. The standard InChI is InChI=1S/C20H23FN6O4S/c1-12(2)31-20(28)26-7-6-13(10-26)27(19-15-9-24-25-18(15)22-11-23-19)17-5-4-14(8-16(17)21)32(3,29)30/h4-5,8-9,11-13H,6-7,10H2,1-3H3,(H,22,23,24,25). The fourth-order valence-electron chi connectivity index (χ4n) is 3.74. The fraction of sp³-hybridized carbons (Fsp3) is 0.400. The number of benzene rings is 1. The van der Waals surface area contributed by atoms with E-state index in [4.69, 9.17) is 4.74 Å². The van der Waals surface area contributed by atoms with Crippen LogP contribution >= 0.6 is 0 Å². The molecule has 170 valence electrons. The van der Waals surface area contributed by atoms with Gasteiger partial charge in [-0.1, -0.05) is 0 Å². The molecule has 4 rings (SSSR count). The first kappa shape index (κ1) is 21.9. The molecule has 1 amide bonds. The number of amides is 1. The van der Waals surface area contributed by atoms with Crippen LogP contribution in [0.25, 0.3) is 11.0 Å². The van der Waals surface area contributed by atoms with E-state index < -0.39 is 21.7 Å². The van der Waals surface area contributed by atoms with Gasteiger partial charge in [0.15, 0.2) is 15.5 Å². The first-order valence-corrected chi connectivity index (χ1v) is 11.9. The summed E-state index contributed by atoms with van der Waals surface area (Å²) in [5.74, 6) is -0.315. The third-order valence-electron chi connectivity index (χ3n) is 5.19. The van der Waals surface area contributed by atoms with E-state index in [9.17, 15) is 13.2 Å². The predicted molar refractivity (Wildman–Crippen MR) is 115 cm³/mol. The normalized spacial score (nSPS) is 16.7. The van der Waals surface area contributed by atoms with Crippen LogP contribution in [0.2, 0.25) is 0 Å². The van der Waals surface area contributed by atoms with E-state index in [1.165, 1.54) is 18.5 Å². The van der Waals surface area contributed by atoms with Gasteiger partial charge in [0, 0.05) is 19.3 Å². The highest BCUT2D eigenvalue weighted by atomic mass is 32.2. The van der Waals surface area contributed by atoms with Crippen LogP contribution < -0.4 is 4.90 Å². The molecule has 1 aliphatic heterocycles. The number of carbonyl (C=O) groups is 1. The Labute approximate surface area is 184 Å². The smallest absolute Gasteiger partial charge is 0.410 e. The Morgan fingerprint density at radius 2 is 2.12 bits per heavy atom. The van der Waals surface area contributed by atoms with E-state index in [1.807, 2.05) is 0 Å². The van der Waals surface area contributed by atoms with Crippen molar-refractivity contribution in [2.24, 2.45) is 0 Å². The van der Waals surface area contributed by atoms with E-state index >= 15 is 4.39 Å². The second-order valence-electron chi connectivity index (χ2n) is 7.91. The van der Waals surface area contributed by atoms with Gasteiger partial charge < -0.3 is 14.5 Å². The summed E-state index contributed by atoms with van der Waals surface area (Å²) >= 11 is 0. The molecule has 1 atom stereocenters. The van der Waals surface area contributed by atoms with Gasteiger partial charge in [0.2, 0.25) is 0 Å². The molecule has 1 N–H and O–H groups in total. The molecular weight excluding hydrogens is 439 g/mol. The number of ether oxygens (including phenoxy) is 1. The molecule has 0 radical (unpaired) electrons. The quantitative estimate of drug-likeness (QED) is 0.614. The molecule has 3 heterocycles. The Morgan fingerprint density at radius 3 is 2.81 bits per heavy atom. The lowest BCUT2D eigenvalue weighted by Crippen LogP contribution is -2.38. The maximum absolute atomic E-state index is 15.2. The number of aromatic nitrogens is 4. The molecule has 2 aromatic heterocycles. The number of rotatable bonds is 5. The van der Waals surface area contributed by atoms with Crippen LogP contribution in [0.15, 0.2) is 35.6 Å². The first-order chi connectivity index (χ1) is 15.1. The van der Waals surface area contributed by atoms with Crippen LogP contribution in [-0.2, 0) is 14.6 Å². The highest BCUT2D eigenvalue weighted by molar-refractivity contribution is 7.90. The highest BCUT2D eigenvalue weighted by Gasteiger charge is 2.35. The second-order valence-corrected chi connectivity index (χ2v) is 9.92. The van der Waals surface area contributed by atoms with Gasteiger partial charge in [0.25, 0.3) is 0 Å². The molecule has 0 bridgehead atoms. The Balaban J connectivity index is 1.77. The van der Waals surface area contributed by atoms with Crippen LogP contribution in [0, 0.1) is 5.82 Å². The zero-order valence-electron chi connectivity index (χ0n) is 17.8. The number of sulfone groups is 1. The second kappa shape index (κ2) is 8.34. The summed E-state index contributed by atoms with van der Waals surface area (Å²) in [5, 5.41) is 7.33. The van der Waals surface area contributed by atoms with Gasteiger partial charge in [-0.05, 0) is 38.5 Å². The summed E-state index contributed by atoms with van der Waals surface area (Å²) < 4.78 is 44.3. The van der Waals surface area contributed by atoms with Crippen molar-refractivity contribution in [2.45, 2.75) is 37.3 Å². The SMILES string of the molecule is CC(C)OC(=O)N1CCC(N(c2ccc(S(C)(=O)=O)cc2F)c2ncnc3[nH]ncc23)C1. The van der Waals surface area contributed by atoms with Crippen LogP contribution in [0.4, 0.5) is 20.7 Å². The number of halogens is 1. The zero-order chi connectivity index (χ0) is 23.0. The number of anilines is 2. The summed E-state index contributed by atoms with van der Waals surface area (Å²) in [6.07, 6.45) is 3.74. The molecule has 1 unspecified atom stereocenters. The molecule has 3 aromatic rings. The van der Waals surface area contributed by atoms with Crippen molar-refractivity contribution in [1.29, 1.82) is 0 Å². The lowest BCUT2D eigenvalue weighted by molar-refractivity contribution is 0.0833. The number of H-pyrrole nitrogens is 1. The van der Waals surface area contributed by atoms with E-state index in [2.05, 4.69) is 20.2 Å². The number of hydrogen-bond acceptors (Lipinski definition) is 8. The van der Waals surface area contributed by atoms with Gasteiger partial charge in [0.05, 0.1) is 34.3 Å². The highest BCUT2D eigenvalue weighted by Crippen LogP contribution is 2.36. The number of carbonyl (C=O) groups excluding carboxylic acids is 1. The lowest BCUT2D eigenvalue weighted by atomic mass is 10.1. The third kappa shape index (κ3) is 4.22. The van der Waals surface area contributed by atoms with Crippen molar-refractivity contribution < 1.29 is 22.3 Å². The number of likely N-dealkylation sites (tertiary alicyclic amines) is 1. The zero-order valence-corrected chi connectivity index (χ0v) is 18.6. The third-order valence-corrected chi connectivity index (χ3v) is 6.30. The van der Waals surface area contributed by atoms with E-state index in [1.54, 1.807) is 29.8 Å². The van der Waals surface area contributed by atoms with Crippen molar-refractivity contribution in [3.63, 3.8) is 0 Å². The molecular formula is C20H23FN6O4S. The molecule has 1 saturated heterocycles. The summed E-state index contributed by atoms with van der Waals surface area (Å²) in [6.45, 7) is 4.25. The minimum absolute atomic E-state index is 0.122. The lowest BCUT2D eigenvalue weighted by Gasteiger charge is -2.31. The number of fused-ring (bicyclic) bond motifs is 1. The van der Waals surface area contributed by atoms with Crippen molar-refractivity contribution in [3.05, 3.63) is 36.5 Å². The van der Waals surface area contributed by atoms with Crippen LogP contribution in [0.5, 0.6) is 0 Å². The first-order valence-electron chi connectivity index (χ1n) is 10.0. The number of hydrogen-bond donors (Lipinski definition) is 1. The molecule has 1 aliphatic rings.